The van der Waals surface area contributed by atoms with Crippen molar-refractivity contribution in [3.63, 3.8) is 0 Å². The maximum absolute atomic E-state index is 13.3. The van der Waals surface area contributed by atoms with Crippen LogP contribution in [0.1, 0.15) is 66.9 Å². The summed E-state index contributed by atoms with van der Waals surface area (Å²) >= 11 is 6.41. The van der Waals surface area contributed by atoms with E-state index in [0.29, 0.717) is 30.6 Å². The number of carbonyl (C=O) groups is 1. The van der Waals surface area contributed by atoms with E-state index >= 15 is 0 Å². The minimum atomic E-state index is -3.93. The molecule has 4 bridgehead atoms. The van der Waals surface area contributed by atoms with Gasteiger partial charge in [-0.15, -0.1) is 0 Å². The third kappa shape index (κ3) is 5.20. The Morgan fingerprint density at radius 3 is 2.81 bits per heavy atom. The van der Waals surface area contributed by atoms with Gasteiger partial charge in [-0.3, -0.25) is 4.79 Å². The molecular formula is C32H39ClN2O6S. The number of benzene rings is 2. The molecule has 8 nitrogen and oxygen atoms in total. The summed E-state index contributed by atoms with van der Waals surface area (Å²) in [7, 11) is -3.93. The Bertz CT molecular complexity index is 1480. The highest BCUT2D eigenvalue weighted by Crippen LogP contribution is 2.47. The third-order valence-corrected chi connectivity index (χ3v) is 12.2. The van der Waals surface area contributed by atoms with E-state index in [-0.39, 0.29) is 24.2 Å². The lowest BCUT2D eigenvalue weighted by Gasteiger charge is -2.48. The fraction of sp³-hybridized carbons (Fsp3) is 0.594. The highest BCUT2D eigenvalue weighted by Gasteiger charge is 2.45. The molecule has 2 aromatic rings. The van der Waals surface area contributed by atoms with Crippen molar-refractivity contribution >= 4 is 33.2 Å². The van der Waals surface area contributed by atoms with Gasteiger partial charge in [0.05, 0.1) is 31.1 Å². The predicted octanol–water partition coefficient (Wildman–Crippen LogP) is 4.87. The van der Waals surface area contributed by atoms with Crippen LogP contribution in [0.3, 0.4) is 0 Å². The Hall–Kier alpha value is -2.33. The van der Waals surface area contributed by atoms with Crippen LogP contribution in [0.25, 0.3) is 0 Å². The number of carbonyl (C=O) groups excluding carboxylic acids is 1. The van der Waals surface area contributed by atoms with Crippen LogP contribution in [0.2, 0.25) is 5.02 Å². The highest BCUT2D eigenvalue weighted by atomic mass is 35.5. The van der Waals surface area contributed by atoms with Gasteiger partial charge < -0.3 is 19.1 Å². The number of nitrogens with one attached hydrogen (secondary N) is 1. The normalized spacial score (nSPS) is 34.2. The molecule has 42 heavy (non-hydrogen) atoms. The molecule has 5 aliphatic rings. The van der Waals surface area contributed by atoms with Gasteiger partial charge >= 0.3 is 0 Å². The summed E-state index contributed by atoms with van der Waals surface area (Å²) in [6, 6.07) is 11.5. The second kappa shape index (κ2) is 11.0. The van der Waals surface area contributed by atoms with Gasteiger partial charge in [-0.1, -0.05) is 17.7 Å². The first kappa shape index (κ1) is 28.4. The topological polar surface area (TPSA) is 94.2 Å². The van der Waals surface area contributed by atoms with Crippen molar-refractivity contribution in [2.75, 3.05) is 37.8 Å². The predicted molar refractivity (Wildman–Crippen MR) is 161 cm³/mol. The molecule has 3 aliphatic heterocycles. The number of sulfonamides is 1. The molecule has 1 saturated carbocycles. The number of rotatable bonds is 0. The number of hydrogen-bond donors (Lipinski definition) is 1. The molecule has 7 rings (SSSR count). The van der Waals surface area contributed by atoms with E-state index < -0.39 is 21.2 Å². The minimum absolute atomic E-state index is 0.0364. The van der Waals surface area contributed by atoms with Crippen molar-refractivity contribution in [2.45, 2.75) is 74.7 Å². The van der Waals surface area contributed by atoms with Gasteiger partial charge in [0, 0.05) is 42.1 Å². The van der Waals surface area contributed by atoms with Crippen molar-refractivity contribution in [2.24, 2.45) is 11.8 Å². The van der Waals surface area contributed by atoms with Crippen molar-refractivity contribution in [1.29, 1.82) is 0 Å². The standard InChI is InChI=1S/C32H39ClN2O6S/c1-20-17-40-25-10-12-39-30(15-25)26-7-4-23(26)16-35-18-32(11-2-3-21-13-24(33)6-8-27(21)32)19-41-29-9-5-22(14-28(29)35)31(36)34-42(20,37)38/h5-6,8-9,13-14,20,23,25-26,30H,2-4,7,10-12,15-19H2,1H3,(H,34,36)/t20-,23-,25+,26+,30+,32-/m0/s1. The SMILES string of the molecule is C[C@H]1CO[C@@H]2CCO[C@H](C2)[C@@H]2CC[C@H]2CN2C[C@@]3(CCCc4cc(Cl)ccc43)COc3ccc(cc32)C(=O)NS1(=O)=O. The van der Waals surface area contributed by atoms with E-state index in [2.05, 4.69) is 21.8 Å². The van der Waals surface area contributed by atoms with E-state index in [4.69, 9.17) is 25.8 Å². The number of aryl methyl sites for hydroxylation is 1. The minimum Gasteiger partial charge on any atom is -0.490 e. The maximum atomic E-state index is 13.3. The van der Waals surface area contributed by atoms with Crippen LogP contribution in [0.5, 0.6) is 5.75 Å². The molecule has 1 spiro atoms. The van der Waals surface area contributed by atoms with Gasteiger partial charge in [0.2, 0.25) is 10.0 Å². The van der Waals surface area contributed by atoms with Gasteiger partial charge in [0.15, 0.2) is 0 Å². The van der Waals surface area contributed by atoms with E-state index in [9.17, 15) is 13.2 Å². The van der Waals surface area contributed by atoms with Crippen LogP contribution in [0, 0.1) is 11.8 Å². The van der Waals surface area contributed by atoms with Crippen LogP contribution in [0.15, 0.2) is 36.4 Å². The molecule has 2 aromatic carbocycles. The Labute approximate surface area is 253 Å². The zero-order valence-corrected chi connectivity index (χ0v) is 25.6. The van der Waals surface area contributed by atoms with Gasteiger partial charge in [0.25, 0.3) is 5.91 Å². The largest absolute Gasteiger partial charge is 0.490 e. The average molecular weight is 615 g/mol. The Morgan fingerprint density at radius 2 is 1.98 bits per heavy atom. The first-order valence-corrected chi connectivity index (χ1v) is 17.2. The number of fused-ring (bicyclic) bond motifs is 7. The van der Waals surface area contributed by atoms with Crippen molar-refractivity contribution < 1.29 is 27.4 Å². The number of hydrogen-bond acceptors (Lipinski definition) is 7. The fourth-order valence-electron chi connectivity index (χ4n) is 7.74. The molecule has 2 aliphatic carbocycles. The van der Waals surface area contributed by atoms with Crippen LogP contribution < -0.4 is 14.4 Å². The average Bonchev–Trinajstić information content (AvgIpc) is 3.10. The number of amides is 1. The van der Waals surface area contributed by atoms with Crippen LogP contribution in [-0.4, -0.2) is 64.7 Å². The lowest BCUT2D eigenvalue weighted by molar-refractivity contribution is -0.116. The Kier molecular flexibility index (Phi) is 7.44. The van der Waals surface area contributed by atoms with E-state index in [1.54, 1.807) is 19.1 Å². The molecule has 1 amide bonds. The molecule has 0 radical (unpaired) electrons. The molecule has 0 aromatic heterocycles. The van der Waals surface area contributed by atoms with Gasteiger partial charge in [-0.25, -0.2) is 13.1 Å². The van der Waals surface area contributed by atoms with Gasteiger partial charge in [-0.05, 0) is 98.7 Å². The monoisotopic (exact) mass is 614 g/mol. The number of nitrogens with zero attached hydrogens (tertiary/aromatic N) is 1. The Balaban J connectivity index is 1.29. The molecule has 2 fully saturated rings. The second-order valence-electron chi connectivity index (χ2n) is 13.0. The third-order valence-electron chi connectivity index (χ3n) is 10.3. The zero-order valence-electron chi connectivity index (χ0n) is 24.0. The van der Waals surface area contributed by atoms with Crippen molar-refractivity contribution in [3.8, 4) is 5.75 Å². The molecule has 226 valence electrons. The van der Waals surface area contributed by atoms with Crippen molar-refractivity contribution in [3.05, 3.63) is 58.1 Å². The van der Waals surface area contributed by atoms with Crippen molar-refractivity contribution in [1.82, 2.24) is 4.72 Å². The molecule has 1 saturated heterocycles. The van der Waals surface area contributed by atoms with Gasteiger partial charge in [-0.2, -0.15) is 0 Å². The van der Waals surface area contributed by atoms with Crippen LogP contribution in [0.4, 0.5) is 5.69 Å². The summed E-state index contributed by atoms with van der Waals surface area (Å²) < 4.78 is 47.5. The lowest BCUT2D eigenvalue weighted by atomic mass is 9.67. The number of anilines is 1. The summed E-state index contributed by atoms with van der Waals surface area (Å²) in [5.74, 6) is 0.939. The summed E-state index contributed by atoms with van der Waals surface area (Å²) in [4.78, 5) is 15.7. The molecule has 3 heterocycles. The number of ether oxygens (including phenoxy) is 3. The summed E-state index contributed by atoms with van der Waals surface area (Å²) in [5.41, 5.74) is 3.48. The first-order valence-electron chi connectivity index (χ1n) is 15.3. The van der Waals surface area contributed by atoms with Gasteiger partial charge in [0.1, 0.15) is 11.0 Å². The molecule has 1 N–H and O–H groups in total. The molecular weight excluding hydrogens is 576 g/mol. The van der Waals surface area contributed by atoms with E-state index in [0.717, 1.165) is 74.5 Å². The van der Waals surface area contributed by atoms with E-state index in [1.165, 1.54) is 11.1 Å². The Morgan fingerprint density at radius 1 is 1.10 bits per heavy atom. The van der Waals surface area contributed by atoms with Crippen LogP contribution >= 0.6 is 11.6 Å². The first-order chi connectivity index (χ1) is 20.2. The smallest absolute Gasteiger partial charge is 0.264 e. The molecule has 0 unspecified atom stereocenters. The quantitative estimate of drug-likeness (QED) is 0.453. The zero-order chi connectivity index (χ0) is 29.1. The maximum Gasteiger partial charge on any atom is 0.264 e. The molecule has 6 atom stereocenters. The fourth-order valence-corrected chi connectivity index (χ4v) is 8.77. The lowest BCUT2D eigenvalue weighted by Crippen LogP contribution is -2.51. The summed E-state index contributed by atoms with van der Waals surface area (Å²) in [5, 5.41) is -0.117. The van der Waals surface area contributed by atoms with E-state index in [1.807, 2.05) is 12.1 Å². The highest BCUT2D eigenvalue weighted by molar-refractivity contribution is 7.90. The number of halogens is 1. The summed E-state index contributed by atoms with van der Waals surface area (Å²) in [6.45, 7) is 4.32. The van der Waals surface area contributed by atoms with Crippen LogP contribution in [-0.2, 0) is 31.3 Å². The molecule has 10 heteroatoms. The second-order valence-corrected chi connectivity index (χ2v) is 15.5. The summed E-state index contributed by atoms with van der Waals surface area (Å²) in [6.07, 6.45) is 6.83.